The van der Waals surface area contributed by atoms with Gasteiger partial charge in [-0.25, -0.2) is 5.43 Å². The highest BCUT2D eigenvalue weighted by atomic mass is 35.5. The molecule has 23 heavy (non-hydrogen) atoms. The molecule has 0 heterocycles. The lowest BCUT2D eigenvalue weighted by atomic mass is 10.1. The molecule has 0 aromatic heterocycles. The number of guanidine groups is 1. The molecular formula is C16H15Cl2N5. The molecular weight excluding hydrogens is 333 g/mol. The van der Waals surface area contributed by atoms with Gasteiger partial charge in [0.15, 0.2) is 0 Å². The molecule has 0 unspecified atom stereocenters. The van der Waals surface area contributed by atoms with Crippen LogP contribution >= 0.6 is 23.2 Å². The first kappa shape index (κ1) is 17.0. The van der Waals surface area contributed by atoms with Crippen molar-refractivity contribution in [1.29, 1.82) is 0 Å². The summed E-state index contributed by atoms with van der Waals surface area (Å²) >= 11 is 11.6. The molecule has 2 aromatic rings. The lowest BCUT2D eigenvalue weighted by Gasteiger charge is -2.00. The zero-order valence-corrected chi connectivity index (χ0v) is 13.9. The van der Waals surface area contributed by atoms with Crippen molar-refractivity contribution in [1.82, 2.24) is 5.43 Å². The van der Waals surface area contributed by atoms with Crippen LogP contribution in [-0.2, 0) is 0 Å². The molecule has 0 aliphatic carbocycles. The number of benzene rings is 2. The van der Waals surface area contributed by atoms with Gasteiger partial charge < -0.3 is 5.73 Å². The largest absolute Gasteiger partial charge is 0.367 e. The van der Waals surface area contributed by atoms with E-state index in [9.17, 15) is 0 Å². The van der Waals surface area contributed by atoms with Gasteiger partial charge in [0.1, 0.15) is 0 Å². The predicted octanol–water partition coefficient (Wildman–Crippen LogP) is 3.66. The first-order chi connectivity index (χ1) is 11.0. The van der Waals surface area contributed by atoms with E-state index in [1.165, 1.54) is 0 Å². The Kier molecular flexibility index (Phi) is 6.14. The van der Waals surface area contributed by atoms with Gasteiger partial charge in [0.25, 0.3) is 0 Å². The van der Waals surface area contributed by atoms with Gasteiger partial charge in [-0.3, -0.25) is 0 Å². The summed E-state index contributed by atoms with van der Waals surface area (Å²) in [5.41, 5.74) is 10.8. The van der Waals surface area contributed by atoms with Gasteiger partial charge in [0.2, 0.25) is 5.96 Å². The fourth-order valence-electron chi connectivity index (χ4n) is 1.62. The maximum Gasteiger partial charge on any atom is 0.234 e. The van der Waals surface area contributed by atoms with E-state index in [0.29, 0.717) is 15.8 Å². The molecule has 0 amide bonds. The molecule has 118 valence electrons. The van der Waals surface area contributed by atoms with E-state index in [1.54, 1.807) is 30.5 Å². The summed E-state index contributed by atoms with van der Waals surface area (Å²) in [4.78, 5) is 0. The molecule has 0 aliphatic rings. The third kappa shape index (κ3) is 5.73. The van der Waals surface area contributed by atoms with E-state index in [2.05, 4.69) is 20.7 Å². The fourth-order valence-corrected chi connectivity index (χ4v) is 1.87. The summed E-state index contributed by atoms with van der Waals surface area (Å²) in [7, 11) is 0. The number of hydrogen-bond donors (Lipinski definition) is 2. The molecule has 3 N–H and O–H groups in total. The Morgan fingerprint density at radius 3 is 2.13 bits per heavy atom. The molecule has 5 nitrogen and oxygen atoms in total. The van der Waals surface area contributed by atoms with Crippen LogP contribution in [0.25, 0.3) is 0 Å². The Morgan fingerprint density at radius 2 is 1.52 bits per heavy atom. The number of nitrogens with two attached hydrogens (primary N) is 1. The van der Waals surface area contributed by atoms with Crippen LogP contribution in [0.15, 0.2) is 63.8 Å². The Bertz CT molecular complexity index is 734. The SMILES string of the molecule is C/C(=N\N=C(N)N/N=C/c1ccc(Cl)cc1)c1ccc(Cl)cc1. The average Bonchev–Trinajstić information content (AvgIpc) is 2.55. The van der Waals surface area contributed by atoms with Crippen molar-refractivity contribution in [3.63, 3.8) is 0 Å². The molecule has 0 atom stereocenters. The molecule has 2 aromatic carbocycles. The Labute approximate surface area is 144 Å². The van der Waals surface area contributed by atoms with Crippen LogP contribution in [0.1, 0.15) is 18.1 Å². The van der Waals surface area contributed by atoms with Crippen molar-refractivity contribution >= 4 is 41.1 Å². The van der Waals surface area contributed by atoms with Crippen molar-refractivity contribution < 1.29 is 0 Å². The highest BCUT2D eigenvalue weighted by molar-refractivity contribution is 6.31. The predicted molar refractivity (Wildman–Crippen MR) is 97.5 cm³/mol. The lowest BCUT2D eigenvalue weighted by Crippen LogP contribution is -2.26. The van der Waals surface area contributed by atoms with Crippen LogP contribution < -0.4 is 11.2 Å². The molecule has 0 spiro atoms. The molecule has 0 saturated heterocycles. The second-order valence-corrected chi connectivity index (χ2v) is 5.47. The van der Waals surface area contributed by atoms with Gasteiger partial charge in [-0.1, -0.05) is 47.5 Å². The van der Waals surface area contributed by atoms with Crippen LogP contribution in [0, 0.1) is 0 Å². The number of hydrazone groups is 1. The van der Waals surface area contributed by atoms with Gasteiger partial charge in [0, 0.05) is 10.0 Å². The van der Waals surface area contributed by atoms with E-state index in [4.69, 9.17) is 28.9 Å². The zero-order chi connectivity index (χ0) is 16.7. The van der Waals surface area contributed by atoms with Crippen LogP contribution in [0.2, 0.25) is 10.0 Å². The second-order valence-electron chi connectivity index (χ2n) is 4.60. The molecule has 0 saturated carbocycles. The van der Waals surface area contributed by atoms with E-state index < -0.39 is 0 Å². The minimum absolute atomic E-state index is 0.0866. The summed E-state index contributed by atoms with van der Waals surface area (Å²) in [6.07, 6.45) is 1.61. The smallest absolute Gasteiger partial charge is 0.234 e. The maximum atomic E-state index is 5.84. The number of hydrogen-bond acceptors (Lipinski definition) is 3. The van der Waals surface area contributed by atoms with Gasteiger partial charge in [0.05, 0.1) is 11.9 Å². The Balaban J connectivity index is 1.95. The van der Waals surface area contributed by atoms with E-state index in [0.717, 1.165) is 11.1 Å². The number of nitrogens with one attached hydrogen (secondary N) is 1. The second kappa shape index (κ2) is 8.31. The van der Waals surface area contributed by atoms with Crippen LogP contribution in [0.3, 0.4) is 0 Å². The van der Waals surface area contributed by atoms with Crippen LogP contribution in [0.5, 0.6) is 0 Å². The van der Waals surface area contributed by atoms with Gasteiger partial charge >= 0.3 is 0 Å². The quantitative estimate of drug-likeness (QED) is 0.503. The van der Waals surface area contributed by atoms with Crippen molar-refractivity contribution in [2.45, 2.75) is 6.92 Å². The maximum absolute atomic E-state index is 5.84. The molecule has 2 rings (SSSR count). The summed E-state index contributed by atoms with van der Waals surface area (Å²) in [6, 6.07) is 14.5. The minimum atomic E-state index is 0.0866. The fraction of sp³-hybridized carbons (Fsp3) is 0.0625. The zero-order valence-electron chi connectivity index (χ0n) is 12.4. The topological polar surface area (TPSA) is 75.1 Å². The first-order valence-electron chi connectivity index (χ1n) is 6.73. The van der Waals surface area contributed by atoms with E-state index in [-0.39, 0.29) is 5.96 Å². The minimum Gasteiger partial charge on any atom is -0.367 e. The standard InChI is InChI=1S/C16H15Cl2N5/c1-11(13-4-8-15(18)9-5-13)21-23-16(19)22-20-10-12-2-6-14(17)7-3-12/h2-10H,1H3,(H3,19,22,23)/b20-10+,21-11+. The number of halogens is 2. The number of nitrogens with zero attached hydrogens (tertiary/aromatic N) is 3. The van der Waals surface area contributed by atoms with E-state index >= 15 is 0 Å². The average molecular weight is 348 g/mol. The van der Waals surface area contributed by atoms with Gasteiger partial charge in [-0.15, -0.1) is 5.10 Å². The molecule has 0 fully saturated rings. The van der Waals surface area contributed by atoms with E-state index in [1.807, 2.05) is 31.2 Å². The van der Waals surface area contributed by atoms with Gasteiger partial charge in [-0.05, 0) is 42.3 Å². The summed E-state index contributed by atoms with van der Waals surface area (Å²) in [6.45, 7) is 1.83. The normalized spacial score (nSPS) is 12.7. The summed E-state index contributed by atoms with van der Waals surface area (Å²) in [5.74, 6) is 0.0866. The molecule has 0 radical (unpaired) electrons. The summed E-state index contributed by atoms with van der Waals surface area (Å²) < 4.78 is 0. The third-order valence-electron chi connectivity index (χ3n) is 2.83. The summed E-state index contributed by atoms with van der Waals surface area (Å²) in [5, 5.41) is 13.2. The van der Waals surface area contributed by atoms with Crippen LogP contribution in [0.4, 0.5) is 0 Å². The highest BCUT2D eigenvalue weighted by Gasteiger charge is 1.97. The third-order valence-corrected chi connectivity index (χ3v) is 3.34. The molecule has 0 aliphatic heterocycles. The van der Waals surface area contributed by atoms with Crippen molar-refractivity contribution in [3.8, 4) is 0 Å². The first-order valence-corrected chi connectivity index (χ1v) is 7.48. The Morgan fingerprint density at radius 1 is 0.957 bits per heavy atom. The Hall–Kier alpha value is -2.37. The number of rotatable bonds is 4. The van der Waals surface area contributed by atoms with Crippen LogP contribution in [-0.4, -0.2) is 17.9 Å². The van der Waals surface area contributed by atoms with Gasteiger partial charge in [-0.2, -0.15) is 10.2 Å². The molecule has 7 heteroatoms. The molecule has 0 bridgehead atoms. The van der Waals surface area contributed by atoms with Crippen molar-refractivity contribution in [2.24, 2.45) is 21.0 Å². The monoisotopic (exact) mass is 347 g/mol. The van der Waals surface area contributed by atoms with Crippen molar-refractivity contribution in [3.05, 3.63) is 69.7 Å². The highest BCUT2D eigenvalue weighted by Crippen LogP contribution is 2.10. The lowest BCUT2D eigenvalue weighted by molar-refractivity contribution is 0.992. The van der Waals surface area contributed by atoms with Crippen molar-refractivity contribution in [2.75, 3.05) is 0 Å².